The van der Waals surface area contributed by atoms with E-state index in [-0.39, 0.29) is 24.6 Å². The number of amides is 5. The maximum Gasteiger partial charge on any atom is 0.331 e. The van der Waals surface area contributed by atoms with E-state index < -0.39 is 17.8 Å². The zero-order valence-corrected chi connectivity index (χ0v) is 17.9. The number of hydrogen-bond donors (Lipinski definition) is 2. The Morgan fingerprint density at radius 3 is 2.76 bits per heavy atom. The van der Waals surface area contributed by atoms with Gasteiger partial charge < -0.3 is 19.0 Å². The normalized spacial score (nSPS) is 15.4. The number of nitrogens with one attached hydrogen (secondary N) is 2. The van der Waals surface area contributed by atoms with Gasteiger partial charge in [-0.15, -0.1) is 0 Å². The molecule has 4 rings (SSSR count). The largest absolute Gasteiger partial charge is 0.467 e. The Bertz CT molecular complexity index is 1240. The molecular formula is C23H22N4O6. The molecule has 2 N–H and O–H groups in total. The van der Waals surface area contributed by atoms with Crippen molar-refractivity contribution in [1.29, 1.82) is 0 Å². The molecule has 170 valence electrons. The molecule has 0 radical (unpaired) electrons. The van der Waals surface area contributed by atoms with Gasteiger partial charge in [-0.05, 0) is 24.3 Å². The maximum atomic E-state index is 13.0. The van der Waals surface area contributed by atoms with Gasteiger partial charge in [-0.1, -0.05) is 18.2 Å². The van der Waals surface area contributed by atoms with E-state index in [0.29, 0.717) is 24.5 Å². The molecule has 1 fully saturated rings. The lowest BCUT2D eigenvalue weighted by Crippen LogP contribution is -2.53. The Morgan fingerprint density at radius 1 is 1.18 bits per heavy atom. The molecule has 0 atom stereocenters. The first-order chi connectivity index (χ1) is 16.0. The second-order valence-corrected chi connectivity index (χ2v) is 7.36. The number of benzene rings is 1. The van der Waals surface area contributed by atoms with E-state index in [1.54, 1.807) is 30.0 Å². The van der Waals surface area contributed by atoms with Crippen LogP contribution in [0.15, 0.2) is 58.8 Å². The summed E-state index contributed by atoms with van der Waals surface area (Å²) in [7, 11) is 1.55. The fourth-order valence-corrected chi connectivity index (χ4v) is 3.58. The van der Waals surface area contributed by atoms with Crippen LogP contribution in [0, 0.1) is 0 Å². The Kier molecular flexibility index (Phi) is 6.36. The number of para-hydroxylation sites is 1. The van der Waals surface area contributed by atoms with Crippen LogP contribution in [-0.2, 0) is 32.2 Å². The van der Waals surface area contributed by atoms with Gasteiger partial charge in [0.25, 0.3) is 11.8 Å². The molecule has 5 amide bonds. The molecule has 1 aromatic carbocycles. The van der Waals surface area contributed by atoms with Crippen molar-refractivity contribution in [3.8, 4) is 0 Å². The van der Waals surface area contributed by atoms with Crippen molar-refractivity contribution in [1.82, 2.24) is 20.1 Å². The molecule has 0 spiro atoms. The number of nitrogens with zero attached hydrogens (tertiary/aromatic N) is 2. The van der Waals surface area contributed by atoms with Gasteiger partial charge in [0.1, 0.15) is 17.9 Å². The molecule has 33 heavy (non-hydrogen) atoms. The minimum atomic E-state index is -0.811. The lowest BCUT2D eigenvalue weighted by molar-refractivity contribution is -0.130. The van der Waals surface area contributed by atoms with Crippen molar-refractivity contribution < 1.29 is 28.3 Å². The quantitative estimate of drug-likeness (QED) is 0.306. The molecule has 0 saturated carbocycles. The minimum absolute atomic E-state index is 0.0522. The third kappa shape index (κ3) is 4.70. The van der Waals surface area contributed by atoms with Crippen molar-refractivity contribution >= 4 is 40.7 Å². The summed E-state index contributed by atoms with van der Waals surface area (Å²) in [4.78, 5) is 50.9. The van der Waals surface area contributed by atoms with Gasteiger partial charge in [-0.25, -0.2) is 4.79 Å². The number of aromatic nitrogens is 1. The Balaban J connectivity index is 1.64. The van der Waals surface area contributed by atoms with Crippen molar-refractivity contribution in [2.75, 3.05) is 20.3 Å². The van der Waals surface area contributed by atoms with Crippen LogP contribution in [0.3, 0.4) is 0 Å². The molecule has 1 aliphatic rings. The summed E-state index contributed by atoms with van der Waals surface area (Å²) in [5.41, 5.74) is 1.15. The highest BCUT2D eigenvalue weighted by Gasteiger charge is 2.36. The lowest BCUT2D eigenvalue weighted by atomic mass is 10.1. The van der Waals surface area contributed by atoms with Gasteiger partial charge in [0.15, 0.2) is 0 Å². The number of hydrogen-bond acceptors (Lipinski definition) is 6. The molecule has 10 nitrogen and oxygen atoms in total. The topological polar surface area (TPSA) is 123 Å². The SMILES string of the molecule is COCCNC(=O)Cn1cc(C=C2C(=O)NC(=O)N(Cc3ccco3)C2=O)c2ccccc21. The first-order valence-electron chi connectivity index (χ1n) is 10.2. The molecule has 0 aliphatic carbocycles. The van der Waals surface area contributed by atoms with E-state index in [0.717, 1.165) is 15.8 Å². The van der Waals surface area contributed by atoms with Crippen molar-refractivity contribution in [3.05, 3.63) is 65.8 Å². The molecule has 1 aliphatic heterocycles. The van der Waals surface area contributed by atoms with Crippen LogP contribution in [0.4, 0.5) is 4.79 Å². The van der Waals surface area contributed by atoms with Crippen LogP contribution < -0.4 is 10.6 Å². The average molecular weight is 450 g/mol. The summed E-state index contributed by atoms with van der Waals surface area (Å²) >= 11 is 0. The van der Waals surface area contributed by atoms with Crippen LogP contribution in [-0.4, -0.2) is 53.5 Å². The highest BCUT2D eigenvalue weighted by atomic mass is 16.5. The third-order valence-electron chi connectivity index (χ3n) is 5.14. The summed E-state index contributed by atoms with van der Waals surface area (Å²) in [5.74, 6) is -1.30. The van der Waals surface area contributed by atoms with E-state index in [1.165, 1.54) is 12.3 Å². The molecule has 2 aromatic heterocycles. The Hall–Kier alpha value is -4.18. The standard InChI is InChI=1S/C23H22N4O6/c1-32-10-8-24-20(28)14-26-12-15(17-6-2-3-7-19(17)26)11-18-21(29)25-23(31)27(22(18)30)13-16-5-4-9-33-16/h2-7,9,11-12H,8,10,13-14H2,1H3,(H,24,28)(H,25,29,31). The first-order valence-corrected chi connectivity index (χ1v) is 10.2. The van der Waals surface area contributed by atoms with Gasteiger partial charge in [0.2, 0.25) is 5.91 Å². The first kappa shape index (κ1) is 22.0. The van der Waals surface area contributed by atoms with Crippen molar-refractivity contribution in [2.45, 2.75) is 13.1 Å². The smallest absolute Gasteiger partial charge is 0.331 e. The third-order valence-corrected chi connectivity index (χ3v) is 5.14. The van der Waals surface area contributed by atoms with Gasteiger partial charge in [-0.3, -0.25) is 24.6 Å². The number of barbiturate groups is 1. The molecule has 3 aromatic rings. The number of carbonyl (C=O) groups is 4. The molecular weight excluding hydrogens is 428 g/mol. The van der Waals surface area contributed by atoms with Crippen molar-refractivity contribution in [3.63, 3.8) is 0 Å². The lowest BCUT2D eigenvalue weighted by Gasteiger charge is -2.25. The molecule has 1 saturated heterocycles. The van der Waals surface area contributed by atoms with Gasteiger partial charge >= 0.3 is 6.03 Å². The summed E-state index contributed by atoms with van der Waals surface area (Å²) in [5, 5.41) is 5.71. The zero-order valence-electron chi connectivity index (χ0n) is 17.9. The number of carbonyl (C=O) groups excluding carboxylic acids is 4. The van der Waals surface area contributed by atoms with Crippen LogP contribution in [0.1, 0.15) is 11.3 Å². The molecule has 3 heterocycles. The number of methoxy groups -OCH3 is 1. The minimum Gasteiger partial charge on any atom is -0.467 e. The highest BCUT2D eigenvalue weighted by molar-refractivity contribution is 6.31. The maximum absolute atomic E-state index is 13.0. The Morgan fingerprint density at radius 2 is 2.00 bits per heavy atom. The van der Waals surface area contributed by atoms with E-state index in [2.05, 4.69) is 10.6 Å². The number of urea groups is 1. The fourth-order valence-electron chi connectivity index (χ4n) is 3.58. The summed E-state index contributed by atoms with van der Waals surface area (Å²) in [6, 6.07) is 9.79. The molecule has 0 unspecified atom stereocenters. The van der Waals surface area contributed by atoms with Crippen LogP contribution in [0.5, 0.6) is 0 Å². The van der Waals surface area contributed by atoms with Crippen LogP contribution in [0.25, 0.3) is 17.0 Å². The predicted octanol–water partition coefficient (Wildman–Crippen LogP) is 1.66. The predicted molar refractivity (Wildman–Crippen MR) is 118 cm³/mol. The number of imide groups is 2. The second-order valence-electron chi connectivity index (χ2n) is 7.36. The fraction of sp³-hybridized carbons (Fsp3) is 0.217. The second kappa shape index (κ2) is 9.53. The van der Waals surface area contributed by atoms with Gasteiger partial charge in [0.05, 0.1) is 19.4 Å². The van der Waals surface area contributed by atoms with Crippen LogP contribution in [0.2, 0.25) is 0 Å². The van der Waals surface area contributed by atoms with E-state index in [1.807, 2.05) is 24.3 Å². The average Bonchev–Trinajstić information content (AvgIpc) is 3.43. The number of ether oxygens (including phenoxy) is 1. The van der Waals surface area contributed by atoms with E-state index in [9.17, 15) is 19.2 Å². The van der Waals surface area contributed by atoms with Gasteiger partial charge in [0, 0.05) is 36.3 Å². The van der Waals surface area contributed by atoms with Crippen LogP contribution >= 0.6 is 0 Å². The van der Waals surface area contributed by atoms with Crippen molar-refractivity contribution in [2.24, 2.45) is 0 Å². The summed E-state index contributed by atoms with van der Waals surface area (Å²) < 4.78 is 11.9. The van der Waals surface area contributed by atoms with E-state index in [4.69, 9.17) is 9.15 Å². The molecule has 10 heteroatoms. The highest BCUT2D eigenvalue weighted by Crippen LogP contribution is 2.25. The zero-order chi connectivity index (χ0) is 23.4. The summed E-state index contributed by atoms with van der Waals surface area (Å²) in [6.07, 6.45) is 4.56. The monoisotopic (exact) mass is 450 g/mol. The number of furan rings is 1. The van der Waals surface area contributed by atoms with Gasteiger partial charge in [-0.2, -0.15) is 0 Å². The number of fused-ring (bicyclic) bond motifs is 1. The number of rotatable bonds is 8. The van der Waals surface area contributed by atoms with E-state index >= 15 is 0 Å². The summed E-state index contributed by atoms with van der Waals surface area (Å²) in [6.45, 7) is 0.738. The molecule has 0 bridgehead atoms. The Labute approximate surface area is 188 Å².